The summed E-state index contributed by atoms with van der Waals surface area (Å²) in [6, 6.07) is 16.6. The molecule has 1 unspecified atom stereocenters. The number of benzene rings is 2. The lowest BCUT2D eigenvalue weighted by Gasteiger charge is -2.40. The molecule has 1 atom stereocenters. The molecule has 3 aliphatic rings. The van der Waals surface area contributed by atoms with Gasteiger partial charge in [-0.25, -0.2) is 0 Å². The fraction of sp³-hybridized carbons (Fsp3) is 0.280. The van der Waals surface area contributed by atoms with Gasteiger partial charge in [-0.15, -0.1) is 0 Å². The molecule has 162 valence electrons. The molecule has 3 aromatic rings. The SMILES string of the molecule is O=C(c1cccnc1)N1CCN2Cc3cc(-c4ccc5c(c4)OCO5)ccc3NCC2C1. The molecule has 32 heavy (non-hydrogen) atoms. The minimum Gasteiger partial charge on any atom is -0.454 e. The Bertz CT molecular complexity index is 1170. The molecule has 1 amide bonds. The highest BCUT2D eigenvalue weighted by Gasteiger charge is 2.32. The van der Waals surface area contributed by atoms with E-state index in [1.54, 1.807) is 12.4 Å². The first-order valence-corrected chi connectivity index (χ1v) is 10.9. The number of nitrogens with one attached hydrogen (secondary N) is 1. The molecule has 1 N–H and O–H groups in total. The van der Waals surface area contributed by atoms with Gasteiger partial charge in [-0.2, -0.15) is 0 Å². The Balaban J connectivity index is 1.21. The number of piperazine rings is 1. The van der Waals surface area contributed by atoms with Crippen molar-refractivity contribution < 1.29 is 14.3 Å². The summed E-state index contributed by atoms with van der Waals surface area (Å²) in [4.78, 5) is 21.4. The van der Waals surface area contributed by atoms with E-state index in [-0.39, 0.29) is 18.7 Å². The molecule has 4 heterocycles. The van der Waals surface area contributed by atoms with Crippen molar-refractivity contribution >= 4 is 11.6 Å². The first kappa shape index (κ1) is 19.1. The van der Waals surface area contributed by atoms with Crippen molar-refractivity contribution in [2.24, 2.45) is 0 Å². The van der Waals surface area contributed by atoms with Crippen molar-refractivity contribution in [2.45, 2.75) is 12.6 Å². The summed E-state index contributed by atoms with van der Waals surface area (Å²) in [7, 11) is 0. The smallest absolute Gasteiger partial charge is 0.255 e. The number of amides is 1. The number of nitrogens with zero attached hydrogens (tertiary/aromatic N) is 3. The highest BCUT2D eigenvalue weighted by atomic mass is 16.7. The molecule has 0 saturated carbocycles. The lowest BCUT2D eigenvalue weighted by Crippen LogP contribution is -2.55. The van der Waals surface area contributed by atoms with Crippen LogP contribution in [0.3, 0.4) is 0 Å². The average Bonchev–Trinajstić information content (AvgIpc) is 3.24. The van der Waals surface area contributed by atoms with E-state index in [1.807, 2.05) is 29.2 Å². The second-order valence-corrected chi connectivity index (χ2v) is 8.44. The van der Waals surface area contributed by atoms with Gasteiger partial charge in [0.25, 0.3) is 5.91 Å². The van der Waals surface area contributed by atoms with Gasteiger partial charge in [-0.3, -0.25) is 14.7 Å². The van der Waals surface area contributed by atoms with E-state index in [4.69, 9.17) is 9.47 Å². The Morgan fingerprint density at radius 3 is 2.81 bits per heavy atom. The van der Waals surface area contributed by atoms with E-state index in [9.17, 15) is 4.79 Å². The molecule has 7 heteroatoms. The number of anilines is 1. The number of ether oxygens (including phenoxy) is 2. The molecular formula is C25H24N4O3. The van der Waals surface area contributed by atoms with Gasteiger partial charge < -0.3 is 19.7 Å². The summed E-state index contributed by atoms with van der Waals surface area (Å²) >= 11 is 0. The van der Waals surface area contributed by atoms with Crippen molar-refractivity contribution in [2.75, 3.05) is 38.3 Å². The lowest BCUT2D eigenvalue weighted by molar-refractivity contribution is 0.0492. The minimum atomic E-state index is 0.0598. The zero-order valence-corrected chi connectivity index (χ0v) is 17.7. The number of hydrogen-bond donors (Lipinski definition) is 1. The lowest BCUT2D eigenvalue weighted by atomic mass is 10.0. The Morgan fingerprint density at radius 1 is 1.03 bits per heavy atom. The molecule has 1 aromatic heterocycles. The zero-order chi connectivity index (χ0) is 21.5. The van der Waals surface area contributed by atoms with E-state index in [1.165, 1.54) is 5.56 Å². The third kappa shape index (κ3) is 3.44. The van der Waals surface area contributed by atoms with Crippen LogP contribution in [-0.4, -0.2) is 59.7 Å². The first-order chi connectivity index (χ1) is 15.7. The van der Waals surface area contributed by atoms with Gasteiger partial charge in [0.2, 0.25) is 6.79 Å². The largest absolute Gasteiger partial charge is 0.454 e. The van der Waals surface area contributed by atoms with Crippen LogP contribution in [0.25, 0.3) is 11.1 Å². The molecule has 0 spiro atoms. The van der Waals surface area contributed by atoms with Crippen LogP contribution >= 0.6 is 0 Å². The topological polar surface area (TPSA) is 66.9 Å². The van der Waals surface area contributed by atoms with Crippen LogP contribution in [-0.2, 0) is 6.54 Å². The van der Waals surface area contributed by atoms with E-state index < -0.39 is 0 Å². The standard InChI is InChI=1S/C25H24N4O3/c30-25(19-2-1-7-26-12-19)29-9-8-28-14-20-10-17(3-5-22(20)27-13-21(28)15-29)18-4-6-23-24(11-18)32-16-31-23/h1-7,10-12,21,27H,8-9,13-16H2. The Labute approximate surface area is 186 Å². The van der Waals surface area contributed by atoms with Crippen LogP contribution < -0.4 is 14.8 Å². The van der Waals surface area contributed by atoms with Crippen molar-refractivity contribution in [3.63, 3.8) is 0 Å². The Hall–Kier alpha value is -3.58. The van der Waals surface area contributed by atoms with Gasteiger partial charge in [-0.05, 0) is 53.1 Å². The Kier molecular flexibility index (Phi) is 4.69. The van der Waals surface area contributed by atoms with Crippen molar-refractivity contribution in [3.8, 4) is 22.6 Å². The molecule has 0 bridgehead atoms. The maximum absolute atomic E-state index is 12.9. The summed E-state index contributed by atoms with van der Waals surface area (Å²) < 4.78 is 11.0. The van der Waals surface area contributed by atoms with E-state index >= 15 is 0 Å². The van der Waals surface area contributed by atoms with Gasteiger partial charge in [0.15, 0.2) is 11.5 Å². The fourth-order valence-corrected chi connectivity index (χ4v) is 4.75. The molecule has 0 radical (unpaired) electrons. The maximum Gasteiger partial charge on any atom is 0.255 e. The predicted octanol–water partition coefficient (Wildman–Crippen LogP) is 3.23. The first-order valence-electron chi connectivity index (χ1n) is 10.9. The second-order valence-electron chi connectivity index (χ2n) is 8.44. The van der Waals surface area contributed by atoms with Gasteiger partial charge in [0.05, 0.1) is 5.56 Å². The summed E-state index contributed by atoms with van der Waals surface area (Å²) in [6.45, 7) is 4.24. The van der Waals surface area contributed by atoms with Crippen LogP contribution in [0.5, 0.6) is 11.5 Å². The monoisotopic (exact) mass is 428 g/mol. The van der Waals surface area contributed by atoms with Crippen molar-refractivity contribution in [1.29, 1.82) is 0 Å². The predicted molar refractivity (Wildman–Crippen MR) is 121 cm³/mol. The van der Waals surface area contributed by atoms with Crippen LogP contribution in [0.4, 0.5) is 5.69 Å². The number of pyridine rings is 1. The third-order valence-electron chi connectivity index (χ3n) is 6.51. The number of fused-ring (bicyclic) bond motifs is 3. The summed E-state index contributed by atoms with van der Waals surface area (Å²) in [6.07, 6.45) is 3.34. The molecule has 0 aliphatic carbocycles. The molecule has 3 aliphatic heterocycles. The molecule has 6 rings (SSSR count). The third-order valence-corrected chi connectivity index (χ3v) is 6.51. The van der Waals surface area contributed by atoms with E-state index in [2.05, 4.69) is 39.5 Å². The molecule has 1 saturated heterocycles. The minimum absolute atomic E-state index is 0.0598. The van der Waals surface area contributed by atoms with Gasteiger partial charge in [-0.1, -0.05) is 12.1 Å². The Morgan fingerprint density at radius 2 is 1.91 bits per heavy atom. The number of hydrogen-bond acceptors (Lipinski definition) is 6. The average molecular weight is 428 g/mol. The summed E-state index contributed by atoms with van der Waals surface area (Å²) in [5, 5.41) is 3.61. The van der Waals surface area contributed by atoms with Gasteiger partial charge in [0.1, 0.15) is 0 Å². The highest BCUT2D eigenvalue weighted by Crippen LogP contribution is 2.37. The number of carbonyl (C=O) groups is 1. The molecule has 1 fully saturated rings. The van der Waals surface area contributed by atoms with E-state index in [0.29, 0.717) is 12.1 Å². The normalized spacial score (nSPS) is 19.5. The zero-order valence-electron chi connectivity index (χ0n) is 17.7. The van der Waals surface area contributed by atoms with Crippen LogP contribution in [0.1, 0.15) is 15.9 Å². The van der Waals surface area contributed by atoms with Crippen LogP contribution in [0.2, 0.25) is 0 Å². The molecule has 7 nitrogen and oxygen atoms in total. The number of carbonyl (C=O) groups excluding carboxylic acids is 1. The highest BCUT2D eigenvalue weighted by molar-refractivity contribution is 5.94. The molecular weight excluding hydrogens is 404 g/mol. The number of rotatable bonds is 2. The quantitative estimate of drug-likeness (QED) is 0.676. The second kappa shape index (κ2) is 7.84. The van der Waals surface area contributed by atoms with Crippen molar-refractivity contribution in [1.82, 2.24) is 14.8 Å². The van der Waals surface area contributed by atoms with Crippen LogP contribution in [0.15, 0.2) is 60.9 Å². The van der Waals surface area contributed by atoms with Gasteiger partial charge >= 0.3 is 0 Å². The summed E-state index contributed by atoms with van der Waals surface area (Å²) in [5.74, 6) is 1.65. The maximum atomic E-state index is 12.9. The number of aromatic nitrogens is 1. The van der Waals surface area contributed by atoms with Crippen molar-refractivity contribution in [3.05, 3.63) is 72.1 Å². The van der Waals surface area contributed by atoms with Gasteiger partial charge in [0, 0.05) is 56.8 Å². The fourth-order valence-electron chi connectivity index (χ4n) is 4.75. The van der Waals surface area contributed by atoms with Crippen LogP contribution in [0, 0.1) is 0 Å². The molecule has 2 aromatic carbocycles. The summed E-state index contributed by atoms with van der Waals surface area (Å²) in [5.41, 5.74) is 5.36. The van der Waals surface area contributed by atoms with E-state index in [0.717, 1.165) is 54.5 Å².